The standard InChI is InChI=1S/C13H26N2/c1-4-8-14-10-12(3)11-15(9-5-2)13-6-7-13/h5,12-14H,2,4,6-11H2,1,3H3. The van der Waals surface area contributed by atoms with Crippen LogP contribution in [0.1, 0.15) is 33.1 Å². The van der Waals surface area contributed by atoms with Crippen LogP contribution in [0.3, 0.4) is 0 Å². The van der Waals surface area contributed by atoms with Crippen LogP contribution in [-0.2, 0) is 0 Å². The van der Waals surface area contributed by atoms with E-state index in [0.29, 0.717) is 0 Å². The van der Waals surface area contributed by atoms with Crippen molar-refractivity contribution in [1.82, 2.24) is 10.2 Å². The number of nitrogens with zero attached hydrogens (tertiary/aromatic N) is 1. The first kappa shape index (κ1) is 12.7. The number of hydrogen-bond donors (Lipinski definition) is 1. The van der Waals surface area contributed by atoms with Crippen molar-refractivity contribution in [2.75, 3.05) is 26.2 Å². The lowest BCUT2D eigenvalue weighted by molar-refractivity contribution is 0.247. The van der Waals surface area contributed by atoms with Gasteiger partial charge in [-0.1, -0.05) is 19.9 Å². The minimum absolute atomic E-state index is 0.747. The van der Waals surface area contributed by atoms with Gasteiger partial charge < -0.3 is 5.32 Å². The first-order valence-electron chi connectivity index (χ1n) is 6.33. The minimum Gasteiger partial charge on any atom is -0.316 e. The maximum Gasteiger partial charge on any atom is 0.0163 e. The summed E-state index contributed by atoms with van der Waals surface area (Å²) in [5.41, 5.74) is 0. The van der Waals surface area contributed by atoms with Crippen molar-refractivity contribution in [1.29, 1.82) is 0 Å². The molecule has 0 radical (unpaired) electrons. The molecule has 0 aliphatic heterocycles. The Morgan fingerprint density at radius 2 is 2.27 bits per heavy atom. The fourth-order valence-electron chi connectivity index (χ4n) is 1.97. The van der Waals surface area contributed by atoms with Gasteiger partial charge in [-0.2, -0.15) is 0 Å². The Bertz CT molecular complexity index is 175. The first-order valence-corrected chi connectivity index (χ1v) is 6.33. The highest BCUT2D eigenvalue weighted by molar-refractivity contribution is 4.88. The predicted octanol–water partition coefficient (Wildman–Crippen LogP) is 2.27. The summed E-state index contributed by atoms with van der Waals surface area (Å²) in [5.74, 6) is 0.747. The van der Waals surface area contributed by atoms with E-state index in [1.165, 1.54) is 25.8 Å². The van der Waals surface area contributed by atoms with E-state index in [1.54, 1.807) is 0 Å². The Morgan fingerprint density at radius 1 is 1.53 bits per heavy atom. The summed E-state index contributed by atoms with van der Waals surface area (Å²) in [5, 5.41) is 3.49. The van der Waals surface area contributed by atoms with Crippen molar-refractivity contribution in [3.8, 4) is 0 Å². The lowest BCUT2D eigenvalue weighted by atomic mass is 10.1. The van der Waals surface area contributed by atoms with Gasteiger partial charge in [0, 0.05) is 19.1 Å². The van der Waals surface area contributed by atoms with Crippen molar-refractivity contribution in [3.05, 3.63) is 12.7 Å². The molecule has 15 heavy (non-hydrogen) atoms. The smallest absolute Gasteiger partial charge is 0.0163 e. The van der Waals surface area contributed by atoms with Crippen LogP contribution in [0.25, 0.3) is 0 Å². The molecule has 0 spiro atoms. The zero-order chi connectivity index (χ0) is 11.1. The van der Waals surface area contributed by atoms with Crippen molar-refractivity contribution < 1.29 is 0 Å². The topological polar surface area (TPSA) is 15.3 Å². The largest absolute Gasteiger partial charge is 0.316 e. The van der Waals surface area contributed by atoms with E-state index in [9.17, 15) is 0 Å². The van der Waals surface area contributed by atoms with Crippen molar-refractivity contribution >= 4 is 0 Å². The second kappa shape index (κ2) is 7.02. The summed E-state index contributed by atoms with van der Waals surface area (Å²) >= 11 is 0. The highest BCUT2D eigenvalue weighted by Crippen LogP contribution is 2.27. The SMILES string of the molecule is C=CCN(CC(C)CNCCC)C1CC1. The summed E-state index contributed by atoms with van der Waals surface area (Å²) in [6, 6.07) is 0.858. The van der Waals surface area contributed by atoms with Crippen LogP contribution < -0.4 is 5.32 Å². The highest BCUT2D eigenvalue weighted by atomic mass is 15.2. The summed E-state index contributed by atoms with van der Waals surface area (Å²) in [6.45, 7) is 13.0. The Labute approximate surface area is 94.7 Å². The third-order valence-electron chi connectivity index (χ3n) is 2.89. The second-order valence-corrected chi connectivity index (χ2v) is 4.78. The van der Waals surface area contributed by atoms with Gasteiger partial charge in [0.25, 0.3) is 0 Å². The monoisotopic (exact) mass is 210 g/mol. The molecule has 2 nitrogen and oxygen atoms in total. The van der Waals surface area contributed by atoms with Crippen LogP contribution in [0.15, 0.2) is 12.7 Å². The lowest BCUT2D eigenvalue weighted by Crippen LogP contribution is -2.35. The molecule has 0 aromatic rings. The summed E-state index contributed by atoms with van der Waals surface area (Å²) in [4.78, 5) is 2.57. The molecule has 1 unspecified atom stereocenters. The number of nitrogens with one attached hydrogen (secondary N) is 1. The molecule has 0 saturated heterocycles. The minimum atomic E-state index is 0.747. The van der Waals surface area contributed by atoms with E-state index < -0.39 is 0 Å². The highest BCUT2D eigenvalue weighted by Gasteiger charge is 2.28. The van der Waals surface area contributed by atoms with E-state index in [-0.39, 0.29) is 0 Å². The molecule has 1 fully saturated rings. The lowest BCUT2D eigenvalue weighted by Gasteiger charge is -2.24. The van der Waals surface area contributed by atoms with E-state index >= 15 is 0 Å². The molecular weight excluding hydrogens is 184 g/mol. The summed E-state index contributed by atoms with van der Waals surface area (Å²) in [6.07, 6.45) is 6.04. The van der Waals surface area contributed by atoms with Gasteiger partial charge in [0.15, 0.2) is 0 Å². The molecule has 0 amide bonds. The van der Waals surface area contributed by atoms with Crippen LogP contribution >= 0.6 is 0 Å². The first-order chi connectivity index (χ1) is 7.27. The van der Waals surface area contributed by atoms with Crippen molar-refractivity contribution in [3.63, 3.8) is 0 Å². The van der Waals surface area contributed by atoms with Gasteiger partial charge in [0.2, 0.25) is 0 Å². The van der Waals surface area contributed by atoms with Gasteiger partial charge in [0.05, 0.1) is 0 Å². The molecular formula is C13H26N2. The molecule has 1 N–H and O–H groups in total. The average Bonchev–Trinajstić information content (AvgIpc) is 3.01. The fourth-order valence-corrected chi connectivity index (χ4v) is 1.97. The molecule has 0 aromatic carbocycles. The normalized spacial score (nSPS) is 18.1. The zero-order valence-electron chi connectivity index (χ0n) is 10.3. The van der Waals surface area contributed by atoms with Gasteiger partial charge in [-0.15, -0.1) is 6.58 Å². The van der Waals surface area contributed by atoms with Gasteiger partial charge in [0.1, 0.15) is 0 Å². The average molecular weight is 210 g/mol. The maximum atomic E-state index is 3.84. The Hall–Kier alpha value is -0.340. The van der Waals surface area contributed by atoms with Crippen LogP contribution in [0.2, 0.25) is 0 Å². The Morgan fingerprint density at radius 3 is 2.80 bits per heavy atom. The Balaban J connectivity index is 2.14. The van der Waals surface area contributed by atoms with Crippen LogP contribution in [0.5, 0.6) is 0 Å². The number of rotatable bonds is 9. The van der Waals surface area contributed by atoms with Gasteiger partial charge >= 0.3 is 0 Å². The van der Waals surface area contributed by atoms with E-state index in [2.05, 4.69) is 30.6 Å². The fraction of sp³-hybridized carbons (Fsp3) is 0.846. The molecule has 1 atom stereocenters. The summed E-state index contributed by atoms with van der Waals surface area (Å²) in [7, 11) is 0. The van der Waals surface area contributed by atoms with Crippen LogP contribution in [-0.4, -0.2) is 37.1 Å². The quantitative estimate of drug-likeness (QED) is 0.464. The van der Waals surface area contributed by atoms with Crippen molar-refractivity contribution in [2.45, 2.75) is 39.2 Å². The molecule has 2 heteroatoms. The molecule has 1 saturated carbocycles. The molecule has 0 heterocycles. The van der Waals surface area contributed by atoms with Gasteiger partial charge in [-0.25, -0.2) is 0 Å². The number of hydrogen-bond acceptors (Lipinski definition) is 2. The third kappa shape index (κ3) is 5.33. The van der Waals surface area contributed by atoms with Crippen LogP contribution in [0, 0.1) is 5.92 Å². The van der Waals surface area contributed by atoms with Gasteiger partial charge in [-0.05, 0) is 38.3 Å². The van der Waals surface area contributed by atoms with E-state index in [4.69, 9.17) is 0 Å². The van der Waals surface area contributed by atoms with E-state index in [1.807, 2.05) is 6.08 Å². The molecule has 1 aliphatic carbocycles. The van der Waals surface area contributed by atoms with E-state index in [0.717, 1.165) is 31.6 Å². The molecule has 88 valence electrons. The molecule has 1 rings (SSSR count). The molecule has 1 aliphatic rings. The predicted molar refractivity (Wildman–Crippen MR) is 67.1 cm³/mol. The van der Waals surface area contributed by atoms with Gasteiger partial charge in [-0.3, -0.25) is 4.90 Å². The zero-order valence-corrected chi connectivity index (χ0v) is 10.3. The summed E-state index contributed by atoms with van der Waals surface area (Å²) < 4.78 is 0. The molecule has 0 aromatic heterocycles. The van der Waals surface area contributed by atoms with Crippen molar-refractivity contribution in [2.24, 2.45) is 5.92 Å². The molecule has 0 bridgehead atoms. The second-order valence-electron chi connectivity index (χ2n) is 4.78. The van der Waals surface area contributed by atoms with Crippen LogP contribution in [0.4, 0.5) is 0 Å². The Kier molecular flexibility index (Phi) is 5.96. The third-order valence-corrected chi connectivity index (χ3v) is 2.89. The maximum absolute atomic E-state index is 3.84.